The molecule has 0 aliphatic heterocycles. The molecule has 0 aliphatic carbocycles. The van der Waals surface area contributed by atoms with E-state index in [1.54, 1.807) is 26.0 Å². The number of methoxy groups -OCH3 is 2. The molecule has 0 heterocycles. The van der Waals surface area contributed by atoms with Crippen molar-refractivity contribution in [3.63, 3.8) is 0 Å². The Kier molecular flexibility index (Phi) is 15.3. The number of carbonyl (C=O) groups is 2. The number of azo groups is 2. The van der Waals surface area contributed by atoms with Crippen molar-refractivity contribution >= 4 is 95.5 Å². The van der Waals surface area contributed by atoms with E-state index in [0.29, 0.717) is 11.1 Å². The molecular weight excluding hydrogens is 989 g/mol. The molecule has 0 radical (unpaired) electrons. The summed E-state index contributed by atoms with van der Waals surface area (Å²) in [5.74, 6) is -6.56. The first kappa shape index (κ1) is 52.1. The maximum absolute atomic E-state index is 11.8. The van der Waals surface area contributed by atoms with Crippen LogP contribution < -0.4 is 14.8 Å². The fourth-order valence-electron chi connectivity index (χ4n) is 6.38. The van der Waals surface area contributed by atoms with Gasteiger partial charge in [-0.2, -0.15) is 32.1 Å². The number of nitrogens with one attached hydrogen (secondary N) is 1. The molecule has 0 saturated heterocycles. The van der Waals surface area contributed by atoms with E-state index in [-0.39, 0.29) is 68.1 Å². The Bertz CT molecular complexity index is 3580. The first-order valence-electron chi connectivity index (χ1n) is 20.0. The van der Waals surface area contributed by atoms with Gasteiger partial charge >= 0.3 is 11.9 Å². The van der Waals surface area contributed by atoms with Gasteiger partial charge in [0, 0.05) is 28.9 Å². The molecule has 0 amide bonds. The Labute approximate surface area is 406 Å². The monoisotopic (exact) mass is 1030 g/mol. The molecule has 6 aromatic carbocycles. The number of aliphatic hydroxyl groups excluding tert-OH is 3. The second kappa shape index (κ2) is 21.1. The lowest BCUT2D eigenvalue weighted by molar-refractivity contribution is 0.0681. The molecule has 0 bridgehead atoms. The van der Waals surface area contributed by atoms with Crippen LogP contribution in [0.15, 0.2) is 142 Å². The molecule has 0 saturated carbocycles. The summed E-state index contributed by atoms with van der Waals surface area (Å²) in [4.78, 5) is 33.7. The molecule has 0 aliphatic rings. The smallest absolute Gasteiger partial charge is 0.339 e. The Morgan fingerprint density at radius 3 is 1.36 bits per heavy atom. The predicted molar refractivity (Wildman–Crippen MR) is 257 cm³/mol. The third kappa shape index (κ3) is 12.3. The van der Waals surface area contributed by atoms with Crippen molar-refractivity contribution in [1.29, 1.82) is 0 Å². The highest BCUT2D eigenvalue weighted by atomic mass is 32.2. The molecule has 0 fully saturated rings. The normalized spacial score (nSPS) is 12.6. The fourth-order valence-corrected chi connectivity index (χ4v) is 7.63. The summed E-state index contributed by atoms with van der Waals surface area (Å²) in [6.07, 6.45) is 0. The van der Waals surface area contributed by atoms with Crippen LogP contribution in [-0.4, -0.2) is 106 Å². The summed E-state index contributed by atoms with van der Waals surface area (Å²) in [7, 11) is -7.50. The Balaban J connectivity index is 1.18. The van der Waals surface area contributed by atoms with Gasteiger partial charge < -0.3 is 50.5 Å². The SMILES string of the molecule is COc1cc(N=C(O)c2cccc(N=C(O)Nc3cccc(C(O)=Nc4cc(OC)c(N=Nc5cc(C(=O)O)c(O)c(S(=O)(=O)O)c5)cc4C)c3)c2)c(C)cc1N=Nc1cc(C(=O)O)c(O)c(S(=O)(=O)O)c1. The van der Waals surface area contributed by atoms with Gasteiger partial charge in [0.1, 0.15) is 43.8 Å². The summed E-state index contributed by atoms with van der Waals surface area (Å²) >= 11 is 0. The fraction of sp³-hybridized carbons (Fsp3) is 0.0889. The van der Waals surface area contributed by atoms with Gasteiger partial charge in [-0.1, -0.05) is 12.1 Å². The van der Waals surface area contributed by atoms with Crippen molar-refractivity contribution < 1.29 is 80.7 Å². The number of nitrogens with zero attached hydrogens (tertiary/aromatic N) is 7. The first-order valence-corrected chi connectivity index (χ1v) is 22.9. The Morgan fingerprint density at radius 1 is 0.514 bits per heavy atom. The second-order valence-electron chi connectivity index (χ2n) is 14.8. The van der Waals surface area contributed by atoms with E-state index < -0.39 is 82.4 Å². The van der Waals surface area contributed by atoms with Crippen molar-refractivity contribution in [1.82, 2.24) is 0 Å². The van der Waals surface area contributed by atoms with Crippen LogP contribution in [0.25, 0.3) is 0 Å². The molecule has 6 aromatic rings. The highest BCUT2D eigenvalue weighted by Crippen LogP contribution is 2.40. The number of anilines is 1. The van der Waals surface area contributed by atoms with Crippen LogP contribution in [-0.2, 0) is 20.2 Å². The van der Waals surface area contributed by atoms with Crippen LogP contribution >= 0.6 is 0 Å². The summed E-state index contributed by atoms with van der Waals surface area (Å²) in [6.45, 7) is 3.23. The maximum atomic E-state index is 11.8. The van der Waals surface area contributed by atoms with Gasteiger partial charge in [-0.25, -0.2) is 19.6 Å². The van der Waals surface area contributed by atoms with Gasteiger partial charge in [-0.05, 0) is 97.8 Å². The maximum Gasteiger partial charge on any atom is 0.339 e. The number of ether oxygens (including phenoxy) is 2. The van der Waals surface area contributed by atoms with Gasteiger partial charge in [0.15, 0.2) is 11.5 Å². The molecular formula is C45H38N8O17S2. The molecule has 72 heavy (non-hydrogen) atoms. The number of carboxylic acids is 2. The number of aromatic carboxylic acids is 2. The minimum atomic E-state index is -5.05. The molecule has 6 rings (SSSR count). The number of hydrogen-bond donors (Lipinski definition) is 10. The van der Waals surface area contributed by atoms with Crippen LogP contribution in [0.5, 0.6) is 23.0 Å². The number of carboxylic acid groups (broad SMARTS) is 2. The molecule has 0 unspecified atom stereocenters. The molecule has 10 N–H and O–H groups in total. The summed E-state index contributed by atoms with van der Waals surface area (Å²) < 4.78 is 76.7. The van der Waals surface area contributed by atoms with Crippen molar-refractivity contribution in [2.45, 2.75) is 23.6 Å². The number of hydrogen-bond acceptors (Lipinski definition) is 17. The number of aryl methyl sites for hydroxylation is 2. The van der Waals surface area contributed by atoms with E-state index in [4.69, 9.17) is 9.47 Å². The number of aliphatic imine (C=N–C) groups is 3. The highest BCUT2D eigenvalue weighted by molar-refractivity contribution is 7.86. The van der Waals surface area contributed by atoms with Gasteiger partial charge in [0.2, 0.25) is 11.8 Å². The Hall–Kier alpha value is -9.31. The number of aliphatic hydroxyl groups is 3. The van der Waals surface area contributed by atoms with Crippen molar-refractivity contribution in [2.24, 2.45) is 35.4 Å². The van der Waals surface area contributed by atoms with Crippen molar-refractivity contribution in [2.75, 3.05) is 19.5 Å². The predicted octanol–water partition coefficient (Wildman–Crippen LogP) is 9.38. The zero-order chi connectivity index (χ0) is 52.8. The zero-order valence-electron chi connectivity index (χ0n) is 37.5. The number of rotatable bonds is 16. The van der Waals surface area contributed by atoms with Gasteiger partial charge in [0.05, 0.1) is 42.7 Å². The lowest BCUT2D eigenvalue weighted by atomic mass is 10.1. The van der Waals surface area contributed by atoms with E-state index >= 15 is 0 Å². The summed E-state index contributed by atoms with van der Waals surface area (Å²) in [6, 6.07) is 20.3. The van der Waals surface area contributed by atoms with Crippen molar-refractivity contribution in [3.8, 4) is 23.0 Å². The van der Waals surface area contributed by atoms with E-state index in [9.17, 15) is 71.3 Å². The molecule has 0 spiro atoms. The van der Waals surface area contributed by atoms with E-state index in [2.05, 4.69) is 40.8 Å². The molecule has 25 nitrogen and oxygen atoms in total. The lowest BCUT2D eigenvalue weighted by Crippen LogP contribution is -2.11. The first-order chi connectivity index (χ1) is 33.9. The highest BCUT2D eigenvalue weighted by Gasteiger charge is 2.25. The molecule has 27 heteroatoms. The quantitative estimate of drug-likeness (QED) is 0.0187. The van der Waals surface area contributed by atoms with E-state index in [1.807, 2.05) is 0 Å². The number of aromatic hydroxyl groups is 2. The van der Waals surface area contributed by atoms with Gasteiger partial charge in [0.25, 0.3) is 26.3 Å². The largest absolute Gasteiger partial charge is 0.506 e. The second-order valence-corrected chi connectivity index (χ2v) is 17.6. The third-order valence-corrected chi connectivity index (χ3v) is 11.6. The average molecular weight is 1030 g/mol. The third-order valence-electron chi connectivity index (χ3n) is 9.85. The van der Waals surface area contributed by atoms with Crippen LogP contribution in [0.1, 0.15) is 43.0 Å². The van der Waals surface area contributed by atoms with Crippen LogP contribution in [0.2, 0.25) is 0 Å². The Morgan fingerprint density at radius 2 is 0.944 bits per heavy atom. The van der Waals surface area contributed by atoms with Gasteiger partial charge in [-0.15, -0.1) is 10.2 Å². The standard InChI is InChI=1S/C45H38N8O17S2/c1-21-11-33(52-50-27-15-29(43(58)59)39(54)37(17-27)71(63,64)65)35(69-3)19-31(21)48-41(56)23-7-5-9-25(13-23)46-45(62)47-26-10-6-8-24(14-26)42(57)49-32-20-36(70-4)34(12-22(32)2)53-51-28-16-30(44(60)61)40(55)38(18-28)72(66,67)68/h5-20,54-55H,1-4H3,(H,48,56)(H,49,57)(H,58,59)(H,60,61)(H2,46,47,62)(H,63,64,65)(H,66,67,68). The van der Waals surface area contributed by atoms with Crippen LogP contribution in [0.4, 0.5) is 45.5 Å². The molecule has 0 atom stereocenters. The number of amidine groups is 1. The average Bonchev–Trinajstić information content (AvgIpc) is 3.31. The molecule has 0 aromatic heterocycles. The van der Waals surface area contributed by atoms with E-state index in [1.165, 1.54) is 74.9 Å². The lowest BCUT2D eigenvalue weighted by Gasteiger charge is -2.10. The van der Waals surface area contributed by atoms with Crippen LogP contribution in [0.3, 0.4) is 0 Å². The molecule has 372 valence electrons. The van der Waals surface area contributed by atoms with Gasteiger partial charge in [-0.3, -0.25) is 9.11 Å². The zero-order valence-corrected chi connectivity index (χ0v) is 39.1. The van der Waals surface area contributed by atoms with Crippen molar-refractivity contribution in [3.05, 3.63) is 130 Å². The summed E-state index contributed by atoms with van der Waals surface area (Å²) in [5, 5.41) is 90.2. The topological polar surface area (TPSA) is 402 Å². The minimum Gasteiger partial charge on any atom is -0.506 e. The van der Waals surface area contributed by atoms with E-state index in [0.717, 1.165) is 24.3 Å². The number of phenols is 2. The minimum absolute atomic E-state index is 0.0706. The summed E-state index contributed by atoms with van der Waals surface area (Å²) in [5.41, 5.74) is -0.164. The number of benzene rings is 6. The van der Waals surface area contributed by atoms with Crippen LogP contribution in [0, 0.1) is 13.8 Å².